The van der Waals surface area contributed by atoms with Crippen LogP contribution in [0.1, 0.15) is 6.42 Å². The molecule has 0 saturated heterocycles. The number of nitrogens with one attached hydrogen (secondary N) is 1. The van der Waals surface area contributed by atoms with Crippen LogP contribution in [0.2, 0.25) is 0 Å². The van der Waals surface area contributed by atoms with Crippen molar-refractivity contribution < 1.29 is 22.3 Å². The van der Waals surface area contributed by atoms with Gasteiger partial charge in [-0.3, -0.25) is 5.41 Å². The van der Waals surface area contributed by atoms with Crippen LogP contribution in [-0.2, 0) is 4.74 Å². The Labute approximate surface area is 72.4 Å². The van der Waals surface area contributed by atoms with Crippen LogP contribution in [0.25, 0.3) is 0 Å². The van der Waals surface area contributed by atoms with E-state index in [0.29, 0.717) is 0 Å². The number of amidine groups is 1. The van der Waals surface area contributed by atoms with Crippen molar-refractivity contribution in [1.29, 1.82) is 5.41 Å². The van der Waals surface area contributed by atoms with E-state index in [1.165, 1.54) is 0 Å². The Morgan fingerprint density at radius 1 is 1.46 bits per heavy atom. The molecule has 13 heavy (non-hydrogen) atoms. The molecule has 78 valence electrons. The maximum absolute atomic E-state index is 12.1. The summed E-state index contributed by atoms with van der Waals surface area (Å²) in [6.45, 7) is -1.60. The molecule has 3 N–H and O–H groups in total. The highest BCUT2D eigenvalue weighted by molar-refractivity contribution is 5.76. The molecule has 0 rings (SSSR count). The largest absolute Gasteiger partial charge is 0.388 e. The van der Waals surface area contributed by atoms with E-state index in [0.717, 1.165) is 0 Å². The van der Waals surface area contributed by atoms with E-state index in [4.69, 9.17) is 11.1 Å². The summed E-state index contributed by atoms with van der Waals surface area (Å²) < 4.78 is 51.4. The van der Waals surface area contributed by atoms with Crippen molar-refractivity contribution >= 4 is 5.84 Å². The van der Waals surface area contributed by atoms with Crippen LogP contribution in [0.5, 0.6) is 0 Å². The summed E-state index contributed by atoms with van der Waals surface area (Å²) in [5, 5.41) is 6.68. The van der Waals surface area contributed by atoms with Gasteiger partial charge in [0, 0.05) is 6.42 Å². The first-order valence-electron chi connectivity index (χ1n) is 3.43. The summed E-state index contributed by atoms with van der Waals surface area (Å²) in [7, 11) is 0. The van der Waals surface area contributed by atoms with E-state index < -0.39 is 19.0 Å². The maximum Gasteiger partial charge on any atom is 0.330 e. The lowest BCUT2D eigenvalue weighted by Gasteiger charge is -2.14. The van der Waals surface area contributed by atoms with E-state index in [9.17, 15) is 17.6 Å². The SMILES string of the molecule is N=C(N)CCOCC(F)(F)C(F)F. The van der Waals surface area contributed by atoms with Gasteiger partial charge in [0.15, 0.2) is 0 Å². The summed E-state index contributed by atoms with van der Waals surface area (Å²) in [5.74, 6) is -4.36. The number of hydrogen-bond donors (Lipinski definition) is 2. The van der Waals surface area contributed by atoms with Crippen molar-refractivity contribution in [3.63, 3.8) is 0 Å². The minimum Gasteiger partial charge on any atom is -0.388 e. The zero-order chi connectivity index (χ0) is 10.5. The molecule has 0 atom stereocenters. The number of nitrogens with two attached hydrogens (primary N) is 1. The summed E-state index contributed by atoms with van der Waals surface area (Å²) in [6.07, 6.45) is -3.77. The third-order valence-corrected chi connectivity index (χ3v) is 1.13. The Balaban J connectivity index is 3.58. The Bertz CT molecular complexity index is 174. The second-order valence-corrected chi connectivity index (χ2v) is 2.39. The predicted molar refractivity (Wildman–Crippen MR) is 38.3 cm³/mol. The zero-order valence-corrected chi connectivity index (χ0v) is 6.70. The molecular weight excluding hydrogens is 192 g/mol. The summed E-state index contributed by atoms with van der Waals surface area (Å²) in [5.41, 5.74) is 4.87. The lowest BCUT2D eigenvalue weighted by atomic mass is 10.4. The molecule has 0 heterocycles. The monoisotopic (exact) mass is 202 g/mol. The zero-order valence-electron chi connectivity index (χ0n) is 6.70. The lowest BCUT2D eigenvalue weighted by molar-refractivity contribution is -0.165. The highest BCUT2D eigenvalue weighted by Gasteiger charge is 2.40. The second-order valence-electron chi connectivity index (χ2n) is 2.39. The molecule has 3 nitrogen and oxygen atoms in total. The number of rotatable bonds is 6. The van der Waals surface area contributed by atoms with Crippen LogP contribution in [-0.4, -0.2) is 31.4 Å². The van der Waals surface area contributed by atoms with Gasteiger partial charge in [0.05, 0.1) is 12.4 Å². The van der Waals surface area contributed by atoms with Gasteiger partial charge in [-0.1, -0.05) is 0 Å². The van der Waals surface area contributed by atoms with Gasteiger partial charge < -0.3 is 10.5 Å². The lowest BCUT2D eigenvalue weighted by Crippen LogP contribution is -2.32. The van der Waals surface area contributed by atoms with Crippen molar-refractivity contribution in [1.82, 2.24) is 0 Å². The van der Waals surface area contributed by atoms with Crippen LogP contribution in [0.3, 0.4) is 0 Å². The third kappa shape index (κ3) is 5.40. The standard InChI is InChI=1S/C6H10F4N2O/c7-5(8)6(9,10)3-13-2-1-4(11)12/h5H,1-3H2,(H3,11,12). The molecule has 0 aromatic heterocycles. The fourth-order valence-corrected chi connectivity index (χ4v) is 0.453. The van der Waals surface area contributed by atoms with Gasteiger partial charge in [0.25, 0.3) is 0 Å². The van der Waals surface area contributed by atoms with Gasteiger partial charge in [-0.15, -0.1) is 0 Å². The number of halogens is 4. The number of ether oxygens (including phenoxy) is 1. The van der Waals surface area contributed by atoms with Crippen molar-refractivity contribution in [2.24, 2.45) is 5.73 Å². The molecular formula is C6H10F4N2O. The number of hydrogen-bond acceptors (Lipinski definition) is 2. The first-order valence-corrected chi connectivity index (χ1v) is 3.43. The highest BCUT2D eigenvalue weighted by atomic mass is 19.3. The van der Waals surface area contributed by atoms with E-state index in [1.54, 1.807) is 0 Å². The Kier molecular flexibility index (Phi) is 4.68. The number of alkyl halides is 4. The highest BCUT2D eigenvalue weighted by Crippen LogP contribution is 2.22. The average Bonchev–Trinajstić information content (AvgIpc) is 1.97. The van der Waals surface area contributed by atoms with Gasteiger partial charge in [0.1, 0.15) is 6.61 Å². The Hall–Kier alpha value is -0.850. The first kappa shape index (κ1) is 12.2. The van der Waals surface area contributed by atoms with E-state index in [1.807, 2.05) is 0 Å². The van der Waals surface area contributed by atoms with Crippen LogP contribution >= 0.6 is 0 Å². The normalized spacial score (nSPS) is 12.1. The topological polar surface area (TPSA) is 59.1 Å². The molecule has 0 unspecified atom stereocenters. The van der Waals surface area contributed by atoms with Gasteiger partial charge in [-0.25, -0.2) is 8.78 Å². The first-order chi connectivity index (χ1) is 5.86. The quantitative estimate of drug-likeness (QED) is 0.294. The van der Waals surface area contributed by atoms with E-state index in [2.05, 4.69) is 4.74 Å². The van der Waals surface area contributed by atoms with Crippen LogP contribution < -0.4 is 5.73 Å². The van der Waals surface area contributed by atoms with Crippen molar-refractivity contribution in [3.8, 4) is 0 Å². The van der Waals surface area contributed by atoms with Gasteiger partial charge in [0.2, 0.25) is 0 Å². The molecule has 0 bridgehead atoms. The molecule has 0 saturated carbocycles. The molecule has 0 aliphatic heterocycles. The summed E-state index contributed by atoms with van der Waals surface area (Å²) >= 11 is 0. The smallest absolute Gasteiger partial charge is 0.330 e. The molecule has 0 fully saturated rings. The second kappa shape index (κ2) is 5.00. The molecule has 0 amide bonds. The molecule has 0 radical (unpaired) electrons. The van der Waals surface area contributed by atoms with Crippen molar-refractivity contribution in [2.75, 3.05) is 13.2 Å². The molecule has 0 spiro atoms. The molecule has 0 aliphatic carbocycles. The van der Waals surface area contributed by atoms with Crippen LogP contribution in [0.15, 0.2) is 0 Å². The maximum atomic E-state index is 12.1. The van der Waals surface area contributed by atoms with Crippen molar-refractivity contribution in [3.05, 3.63) is 0 Å². The molecule has 0 aromatic rings. The average molecular weight is 202 g/mol. The summed E-state index contributed by atoms with van der Waals surface area (Å²) in [4.78, 5) is 0. The molecule has 7 heteroatoms. The van der Waals surface area contributed by atoms with Crippen LogP contribution in [0, 0.1) is 5.41 Å². The minimum atomic E-state index is -4.13. The van der Waals surface area contributed by atoms with E-state index >= 15 is 0 Å². The fraction of sp³-hybridized carbons (Fsp3) is 0.833. The Morgan fingerprint density at radius 3 is 2.38 bits per heavy atom. The van der Waals surface area contributed by atoms with Crippen LogP contribution in [0.4, 0.5) is 17.6 Å². The third-order valence-electron chi connectivity index (χ3n) is 1.13. The predicted octanol–water partition coefficient (Wildman–Crippen LogP) is 1.23. The van der Waals surface area contributed by atoms with Crippen molar-refractivity contribution in [2.45, 2.75) is 18.8 Å². The molecule has 0 aliphatic rings. The van der Waals surface area contributed by atoms with Gasteiger partial charge in [-0.2, -0.15) is 8.78 Å². The molecule has 0 aromatic carbocycles. The summed E-state index contributed by atoms with van der Waals surface area (Å²) in [6, 6.07) is 0. The minimum absolute atomic E-state index is 0.0423. The van der Waals surface area contributed by atoms with E-state index in [-0.39, 0.29) is 18.9 Å². The van der Waals surface area contributed by atoms with Gasteiger partial charge >= 0.3 is 12.3 Å². The Morgan fingerprint density at radius 2 is 2.00 bits per heavy atom. The van der Waals surface area contributed by atoms with Gasteiger partial charge in [-0.05, 0) is 0 Å². The fourth-order valence-electron chi connectivity index (χ4n) is 0.453.